The third-order valence-electron chi connectivity index (χ3n) is 4.55. The second-order valence-electron chi connectivity index (χ2n) is 6.48. The quantitative estimate of drug-likeness (QED) is 0.595. The molecule has 1 aromatic carbocycles. The van der Waals surface area contributed by atoms with Gasteiger partial charge in [-0.15, -0.1) is 0 Å². The van der Waals surface area contributed by atoms with E-state index in [0.29, 0.717) is 12.0 Å². The summed E-state index contributed by atoms with van der Waals surface area (Å²) in [6, 6.07) is 8.76. The van der Waals surface area contributed by atoms with Crippen LogP contribution in [0.2, 0.25) is 0 Å². The van der Waals surface area contributed by atoms with Crippen molar-refractivity contribution in [2.45, 2.75) is 39.7 Å². The second kappa shape index (κ2) is 9.40. The standard InChI is InChI=1S/C19H32N4O/c1-5-15(3)22-19(20-6-2)21-13-16-10-11-23(14-16)17-8-7-9-18(12-17)24-4/h7-9,12,15-16H,5-6,10-11,13-14H2,1-4H3,(H2,20,21,22). The van der Waals surface area contributed by atoms with Gasteiger partial charge in [-0.1, -0.05) is 13.0 Å². The molecule has 5 nitrogen and oxygen atoms in total. The van der Waals surface area contributed by atoms with Gasteiger partial charge in [0.05, 0.1) is 7.11 Å². The van der Waals surface area contributed by atoms with Gasteiger partial charge >= 0.3 is 0 Å². The Morgan fingerprint density at radius 2 is 2.25 bits per heavy atom. The number of aliphatic imine (C=N–C) groups is 1. The van der Waals surface area contributed by atoms with Gasteiger partial charge in [-0.2, -0.15) is 0 Å². The van der Waals surface area contributed by atoms with Crippen molar-refractivity contribution >= 4 is 11.6 Å². The first-order valence-corrected chi connectivity index (χ1v) is 9.10. The molecule has 2 unspecified atom stereocenters. The number of hydrogen-bond acceptors (Lipinski definition) is 3. The molecular formula is C19H32N4O. The molecule has 24 heavy (non-hydrogen) atoms. The average molecular weight is 332 g/mol. The Morgan fingerprint density at radius 1 is 1.42 bits per heavy atom. The van der Waals surface area contributed by atoms with E-state index in [1.54, 1.807) is 7.11 Å². The number of guanidine groups is 1. The highest BCUT2D eigenvalue weighted by molar-refractivity contribution is 5.80. The van der Waals surface area contributed by atoms with Crippen LogP contribution in [0.1, 0.15) is 33.6 Å². The molecule has 1 fully saturated rings. The van der Waals surface area contributed by atoms with E-state index in [0.717, 1.165) is 44.3 Å². The topological polar surface area (TPSA) is 48.9 Å². The Bertz CT molecular complexity index is 532. The Balaban J connectivity index is 1.91. The maximum atomic E-state index is 5.33. The second-order valence-corrected chi connectivity index (χ2v) is 6.48. The fraction of sp³-hybridized carbons (Fsp3) is 0.632. The number of nitrogens with one attached hydrogen (secondary N) is 2. The van der Waals surface area contributed by atoms with Crippen LogP contribution in [-0.2, 0) is 0 Å². The summed E-state index contributed by atoms with van der Waals surface area (Å²) in [6.45, 7) is 10.4. The average Bonchev–Trinajstić information content (AvgIpc) is 3.09. The molecule has 0 bridgehead atoms. The number of ether oxygens (including phenoxy) is 1. The SMILES string of the molecule is CCNC(=NCC1CCN(c2cccc(OC)c2)C1)NC(C)CC. The van der Waals surface area contributed by atoms with Gasteiger partial charge in [-0.3, -0.25) is 4.99 Å². The Labute approximate surface area is 146 Å². The summed E-state index contributed by atoms with van der Waals surface area (Å²) in [5.74, 6) is 2.46. The zero-order chi connectivity index (χ0) is 17.4. The van der Waals surface area contributed by atoms with Crippen LogP contribution in [0.4, 0.5) is 5.69 Å². The third-order valence-corrected chi connectivity index (χ3v) is 4.55. The van der Waals surface area contributed by atoms with Crippen LogP contribution >= 0.6 is 0 Å². The zero-order valence-corrected chi connectivity index (χ0v) is 15.5. The Morgan fingerprint density at radius 3 is 2.96 bits per heavy atom. The van der Waals surface area contributed by atoms with Crippen LogP contribution < -0.4 is 20.3 Å². The van der Waals surface area contributed by atoms with Gasteiger partial charge in [0.1, 0.15) is 5.75 Å². The third kappa shape index (κ3) is 5.32. The molecule has 0 spiro atoms. The minimum absolute atomic E-state index is 0.444. The lowest BCUT2D eigenvalue weighted by Gasteiger charge is -2.19. The number of nitrogens with zero attached hydrogens (tertiary/aromatic N) is 2. The molecule has 1 aliphatic heterocycles. The number of methoxy groups -OCH3 is 1. The molecule has 0 radical (unpaired) electrons. The summed E-state index contributed by atoms with van der Waals surface area (Å²) >= 11 is 0. The molecule has 1 heterocycles. The van der Waals surface area contributed by atoms with E-state index in [2.05, 4.69) is 54.5 Å². The molecule has 5 heteroatoms. The predicted molar refractivity (Wildman–Crippen MR) is 102 cm³/mol. The maximum Gasteiger partial charge on any atom is 0.191 e. The van der Waals surface area contributed by atoms with Gasteiger partial charge in [-0.05, 0) is 44.7 Å². The number of benzene rings is 1. The van der Waals surface area contributed by atoms with E-state index in [1.807, 2.05) is 6.07 Å². The molecule has 1 saturated heterocycles. The van der Waals surface area contributed by atoms with Crippen molar-refractivity contribution in [2.24, 2.45) is 10.9 Å². The van der Waals surface area contributed by atoms with Crippen molar-refractivity contribution < 1.29 is 4.74 Å². The lowest BCUT2D eigenvalue weighted by Crippen LogP contribution is -2.42. The number of rotatable bonds is 7. The highest BCUT2D eigenvalue weighted by Crippen LogP contribution is 2.26. The molecule has 2 rings (SSSR count). The van der Waals surface area contributed by atoms with Crippen LogP contribution in [0.15, 0.2) is 29.3 Å². The van der Waals surface area contributed by atoms with Crippen LogP contribution in [0.3, 0.4) is 0 Å². The van der Waals surface area contributed by atoms with Gasteiger partial charge in [0.15, 0.2) is 5.96 Å². The number of hydrogen-bond donors (Lipinski definition) is 2. The largest absolute Gasteiger partial charge is 0.497 e. The van der Waals surface area contributed by atoms with Crippen molar-refractivity contribution in [3.63, 3.8) is 0 Å². The van der Waals surface area contributed by atoms with Gasteiger partial charge in [0, 0.05) is 44.0 Å². The fourth-order valence-corrected chi connectivity index (χ4v) is 2.90. The van der Waals surface area contributed by atoms with Gasteiger partial charge in [0.25, 0.3) is 0 Å². The predicted octanol–water partition coefficient (Wildman–Crippen LogP) is 2.88. The highest BCUT2D eigenvalue weighted by atomic mass is 16.5. The first kappa shape index (κ1) is 18.4. The molecule has 0 aliphatic carbocycles. The molecule has 134 valence electrons. The van der Waals surface area contributed by atoms with E-state index < -0.39 is 0 Å². The summed E-state index contributed by atoms with van der Waals surface area (Å²) in [7, 11) is 1.72. The molecule has 1 aromatic rings. The summed E-state index contributed by atoms with van der Waals surface area (Å²) in [5.41, 5.74) is 1.24. The molecule has 2 atom stereocenters. The monoisotopic (exact) mass is 332 g/mol. The van der Waals surface area contributed by atoms with Gasteiger partial charge in [0.2, 0.25) is 0 Å². The lowest BCUT2D eigenvalue weighted by atomic mass is 10.1. The Hall–Kier alpha value is -1.91. The molecule has 2 N–H and O–H groups in total. The van der Waals surface area contributed by atoms with E-state index in [1.165, 1.54) is 12.1 Å². The first-order valence-electron chi connectivity index (χ1n) is 9.10. The minimum Gasteiger partial charge on any atom is -0.497 e. The smallest absolute Gasteiger partial charge is 0.191 e. The summed E-state index contributed by atoms with van der Waals surface area (Å²) in [5, 5.41) is 6.80. The van der Waals surface area contributed by atoms with E-state index in [4.69, 9.17) is 9.73 Å². The van der Waals surface area contributed by atoms with E-state index >= 15 is 0 Å². The number of anilines is 1. The maximum absolute atomic E-state index is 5.33. The normalized spacial score (nSPS) is 19.2. The summed E-state index contributed by atoms with van der Waals surface area (Å²) < 4.78 is 5.33. The van der Waals surface area contributed by atoms with E-state index in [-0.39, 0.29) is 0 Å². The van der Waals surface area contributed by atoms with Crippen LogP contribution in [-0.4, -0.2) is 45.3 Å². The van der Waals surface area contributed by atoms with Crippen molar-refractivity contribution in [2.75, 3.05) is 38.2 Å². The first-order chi connectivity index (χ1) is 11.7. The van der Waals surface area contributed by atoms with Crippen molar-refractivity contribution in [3.05, 3.63) is 24.3 Å². The Kier molecular flexibility index (Phi) is 7.22. The lowest BCUT2D eigenvalue weighted by molar-refractivity contribution is 0.415. The van der Waals surface area contributed by atoms with E-state index in [9.17, 15) is 0 Å². The minimum atomic E-state index is 0.444. The van der Waals surface area contributed by atoms with Crippen molar-refractivity contribution in [1.82, 2.24) is 10.6 Å². The molecule has 0 saturated carbocycles. The van der Waals surface area contributed by atoms with Crippen molar-refractivity contribution in [1.29, 1.82) is 0 Å². The highest BCUT2D eigenvalue weighted by Gasteiger charge is 2.22. The summed E-state index contributed by atoms with van der Waals surface area (Å²) in [4.78, 5) is 7.22. The zero-order valence-electron chi connectivity index (χ0n) is 15.5. The van der Waals surface area contributed by atoms with Crippen molar-refractivity contribution in [3.8, 4) is 5.75 Å². The molecular weight excluding hydrogens is 300 g/mol. The molecule has 0 aromatic heterocycles. The van der Waals surface area contributed by atoms with Gasteiger partial charge < -0.3 is 20.3 Å². The molecule has 0 amide bonds. The van der Waals surface area contributed by atoms with Crippen LogP contribution in [0.5, 0.6) is 5.75 Å². The van der Waals surface area contributed by atoms with Crippen LogP contribution in [0.25, 0.3) is 0 Å². The summed E-state index contributed by atoms with van der Waals surface area (Å²) in [6.07, 6.45) is 2.28. The van der Waals surface area contributed by atoms with Gasteiger partial charge in [-0.25, -0.2) is 0 Å². The molecule has 1 aliphatic rings. The van der Waals surface area contributed by atoms with Crippen LogP contribution in [0, 0.1) is 5.92 Å². The fourth-order valence-electron chi connectivity index (χ4n) is 2.90.